The Morgan fingerprint density at radius 3 is 2.22 bits per heavy atom. The van der Waals surface area contributed by atoms with E-state index in [1.165, 1.54) is 0 Å². The predicted octanol–water partition coefficient (Wildman–Crippen LogP) is 4.84. The Kier molecular flexibility index (Phi) is 14.3. The first kappa shape index (κ1) is 24.7. The van der Waals surface area contributed by atoms with Gasteiger partial charge in [0.1, 0.15) is 0 Å². The van der Waals surface area contributed by atoms with Gasteiger partial charge in [-0.3, -0.25) is 5.41 Å². The van der Waals surface area contributed by atoms with Crippen molar-refractivity contribution in [3.05, 3.63) is 0 Å². The van der Waals surface area contributed by atoms with Crippen molar-refractivity contribution < 1.29 is 14.2 Å². The molecule has 1 aliphatic rings. The van der Waals surface area contributed by atoms with Crippen LogP contribution in [-0.2, 0) is 14.2 Å². The van der Waals surface area contributed by atoms with E-state index < -0.39 is 0 Å². The van der Waals surface area contributed by atoms with E-state index in [0.29, 0.717) is 16.3 Å². The molecule has 0 radical (unpaired) electrons. The summed E-state index contributed by atoms with van der Waals surface area (Å²) in [7, 11) is 1.81. The molecule has 0 aromatic heterocycles. The van der Waals surface area contributed by atoms with Crippen LogP contribution in [-0.4, -0.2) is 56.1 Å². The van der Waals surface area contributed by atoms with Gasteiger partial charge in [-0.05, 0) is 32.1 Å². The first-order chi connectivity index (χ1) is 13.2. The summed E-state index contributed by atoms with van der Waals surface area (Å²) in [5.74, 6) is 0.334. The van der Waals surface area contributed by atoms with E-state index in [9.17, 15) is 0 Å². The normalized spacial score (nSPS) is 25.5. The van der Waals surface area contributed by atoms with Gasteiger partial charge < -0.3 is 19.5 Å². The monoisotopic (exact) mass is 402 g/mol. The van der Waals surface area contributed by atoms with Gasteiger partial charge in [-0.25, -0.2) is 0 Å². The summed E-state index contributed by atoms with van der Waals surface area (Å²) in [5.41, 5.74) is 0. The molecule has 6 heteroatoms. The second-order valence-corrected chi connectivity index (χ2v) is 8.74. The minimum absolute atomic E-state index is 0.101. The highest BCUT2D eigenvalue weighted by Crippen LogP contribution is 2.36. The number of rotatable bonds is 14. The lowest BCUT2D eigenvalue weighted by Gasteiger charge is -2.41. The molecule has 1 aliphatic carbocycles. The van der Waals surface area contributed by atoms with E-state index in [0.717, 1.165) is 77.8 Å². The Morgan fingerprint density at radius 1 is 0.963 bits per heavy atom. The molecule has 0 aromatic carbocycles. The van der Waals surface area contributed by atoms with Crippen molar-refractivity contribution in [1.29, 1.82) is 5.41 Å². The second-order valence-electron chi connectivity index (χ2n) is 7.43. The molecule has 1 saturated carbocycles. The summed E-state index contributed by atoms with van der Waals surface area (Å²) < 4.78 is 18.6. The fourth-order valence-corrected chi connectivity index (χ4v) is 4.46. The van der Waals surface area contributed by atoms with Gasteiger partial charge in [0.2, 0.25) is 0 Å². The Bertz CT molecular complexity index is 384. The second kappa shape index (κ2) is 15.6. The maximum Gasteiger partial charge on any atom is 0.153 e. The van der Waals surface area contributed by atoms with E-state index in [1.807, 2.05) is 7.05 Å². The van der Waals surface area contributed by atoms with Crippen LogP contribution in [0.15, 0.2) is 0 Å². The molecule has 2 N–H and O–H groups in total. The first-order valence-electron chi connectivity index (χ1n) is 10.9. The summed E-state index contributed by atoms with van der Waals surface area (Å²) in [6.45, 7) is 9.71. The largest absolute Gasteiger partial charge is 0.381 e. The lowest BCUT2D eigenvalue weighted by Crippen LogP contribution is -2.47. The highest BCUT2D eigenvalue weighted by atomic mass is 32.2. The van der Waals surface area contributed by atoms with Crippen LogP contribution in [0.1, 0.15) is 72.1 Å². The molecule has 0 amide bonds. The van der Waals surface area contributed by atoms with Crippen molar-refractivity contribution in [2.75, 3.05) is 33.5 Å². The smallest absolute Gasteiger partial charge is 0.153 e. The van der Waals surface area contributed by atoms with Crippen molar-refractivity contribution in [2.24, 2.45) is 5.92 Å². The predicted molar refractivity (Wildman–Crippen MR) is 116 cm³/mol. The number of nitrogens with one attached hydrogen (secondary N) is 2. The average molecular weight is 403 g/mol. The molecule has 0 aromatic rings. The summed E-state index contributed by atoms with van der Waals surface area (Å²) in [5, 5.41) is 11.9. The molecule has 5 nitrogen and oxygen atoms in total. The molecule has 160 valence electrons. The van der Waals surface area contributed by atoms with Crippen LogP contribution >= 0.6 is 11.8 Å². The Hall–Kier alpha value is -0.300. The first-order valence-corrected chi connectivity index (χ1v) is 11.8. The van der Waals surface area contributed by atoms with Crippen LogP contribution in [0.4, 0.5) is 0 Å². The molecular weight excluding hydrogens is 360 g/mol. The summed E-state index contributed by atoms with van der Waals surface area (Å²) in [6.07, 6.45) is 8.88. The van der Waals surface area contributed by atoms with Gasteiger partial charge in [-0.15, -0.1) is 0 Å². The molecule has 1 fully saturated rings. The molecule has 0 aliphatic heterocycles. The third kappa shape index (κ3) is 10.2. The average Bonchev–Trinajstić information content (AvgIpc) is 2.67. The lowest BCUT2D eigenvalue weighted by atomic mass is 9.84. The number of ether oxygens (including phenoxy) is 3. The SMILES string of the molecule is CCCCOC[C@H]1CC(SC(=N)NC)C[C@@H](OCCCC)[C@@H]1OCCCC. The Balaban J connectivity index is 2.77. The van der Waals surface area contributed by atoms with Gasteiger partial charge >= 0.3 is 0 Å². The number of thioether (sulfide) groups is 1. The minimum Gasteiger partial charge on any atom is -0.381 e. The third-order valence-corrected chi connectivity index (χ3v) is 6.17. The maximum absolute atomic E-state index is 8.00. The van der Waals surface area contributed by atoms with Crippen LogP contribution in [0.2, 0.25) is 0 Å². The van der Waals surface area contributed by atoms with Gasteiger partial charge in [0.05, 0.1) is 18.8 Å². The zero-order valence-electron chi connectivity index (χ0n) is 17.9. The van der Waals surface area contributed by atoms with Crippen molar-refractivity contribution in [2.45, 2.75) is 89.6 Å². The van der Waals surface area contributed by atoms with Gasteiger partial charge in [0, 0.05) is 38.0 Å². The van der Waals surface area contributed by atoms with E-state index in [1.54, 1.807) is 11.8 Å². The quantitative estimate of drug-likeness (QED) is 0.247. The standard InChI is InChI=1S/C21H42N2O3S/c1-5-8-11-24-16-17-14-18(27-21(22)23-4)15-19(25-12-9-6-2)20(17)26-13-10-7-3/h17-20H,5-16H2,1-4H3,(H2,22,23)/t17-,18?,19-,20-/m1/s1. The Morgan fingerprint density at radius 2 is 1.59 bits per heavy atom. The molecule has 0 heterocycles. The molecule has 27 heavy (non-hydrogen) atoms. The van der Waals surface area contributed by atoms with Gasteiger partial charge in [-0.2, -0.15) is 0 Å². The van der Waals surface area contributed by atoms with Crippen LogP contribution in [0.25, 0.3) is 0 Å². The molecule has 1 rings (SSSR count). The zero-order valence-corrected chi connectivity index (χ0v) is 18.7. The third-order valence-electron chi connectivity index (χ3n) is 5.02. The zero-order chi connectivity index (χ0) is 19.9. The number of unbranched alkanes of at least 4 members (excludes halogenated alkanes) is 3. The van der Waals surface area contributed by atoms with Crippen LogP contribution in [0, 0.1) is 11.3 Å². The van der Waals surface area contributed by atoms with Crippen molar-refractivity contribution in [1.82, 2.24) is 5.32 Å². The molecule has 0 saturated heterocycles. The highest BCUT2D eigenvalue weighted by Gasteiger charge is 2.40. The highest BCUT2D eigenvalue weighted by molar-refractivity contribution is 8.14. The Labute approximate surface area is 171 Å². The van der Waals surface area contributed by atoms with Crippen molar-refractivity contribution in [3.8, 4) is 0 Å². The minimum atomic E-state index is 0.101. The molecule has 4 atom stereocenters. The van der Waals surface area contributed by atoms with E-state index in [4.69, 9.17) is 19.6 Å². The van der Waals surface area contributed by atoms with Crippen LogP contribution in [0.3, 0.4) is 0 Å². The lowest BCUT2D eigenvalue weighted by molar-refractivity contribution is -0.129. The van der Waals surface area contributed by atoms with Gasteiger partial charge in [0.25, 0.3) is 0 Å². The molecule has 0 bridgehead atoms. The van der Waals surface area contributed by atoms with Crippen molar-refractivity contribution in [3.63, 3.8) is 0 Å². The van der Waals surface area contributed by atoms with E-state index >= 15 is 0 Å². The fraction of sp³-hybridized carbons (Fsp3) is 0.952. The summed E-state index contributed by atoms with van der Waals surface area (Å²) in [4.78, 5) is 0. The fourth-order valence-electron chi connectivity index (χ4n) is 3.38. The number of hydrogen-bond donors (Lipinski definition) is 2. The van der Waals surface area contributed by atoms with Gasteiger partial charge in [0.15, 0.2) is 5.17 Å². The van der Waals surface area contributed by atoms with Gasteiger partial charge in [-0.1, -0.05) is 51.8 Å². The summed E-state index contributed by atoms with van der Waals surface area (Å²) in [6, 6.07) is 0. The van der Waals surface area contributed by atoms with E-state index in [-0.39, 0.29) is 12.2 Å². The maximum atomic E-state index is 8.00. The van der Waals surface area contributed by atoms with Crippen LogP contribution < -0.4 is 5.32 Å². The number of amidine groups is 1. The summed E-state index contributed by atoms with van der Waals surface area (Å²) >= 11 is 1.62. The van der Waals surface area contributed by atoms with Crippen LogP contribution in [0.5, 0.6) is 0 Å². The molecular formula is C21H42N2O3S. The molecule has 0 spiro atoms. The number of hydrogen-bond acceptors (Lipinski definition) is 5. The van der Waals surface area contributed by atoms with E-state index in [2.05, 4.69) is 26.1 Å². The topological polar surface area (TPSA) is 63.6 Å². The van der Waals surface area contributed by atoms with Crippen molar-refractivity contribution >= 4 is 16.9 Å². The molecule has 1 unspecified atom stereocenters.